The van der Waals surface area contributed by atoms with E-state index in [1.165, 1.54) is 0 Å². The van der Waals surface area contributed by atoms with Crippen molar-refractivity contribution in [1.29, 1.82) is 0 Å². The summed E-state index contributed by atoms with van der Waals surface area (Å²) in [5.41, 5.74) is 7.88. The van der Waals surface area contributed by atoms with E-state index in [2.05, 4.69) is 27.2 Å². The number of fused-ring (bicyclic) bond motifs is 1. The highest BCUT2D eigenvalue weighted by Gasteiger charge is 2.24. The number of carbonyl (C=O) groups excluding carboxylic acids is 3. The normalized spacial score (nSPS) is 12.5. The van der Waals surface area contributed by atoms with Gasteiger partial charge in [0, 0.05) is 18.2 Å². The zero-order valence-electron chi connectivity index (χ0n) is 21.8. The topological polar surface area (TPSA) is 166 Å². The monoisotopic (exact) mass is 523 g/mol. The molecule has 0 aliphatic heterocycles. The molecule has 11 nitrogen and oxygen atoms in total. The molecule has 0 aliphatic carbocycles. The van der Waals surface area contributed by atoms with Gasteiger partial charge in [0.1, 0.15) is 6.04 Å². The number of benzene rings is 1. The minimum absolute atomic E-state index is 0.0142. The Bertz CT molecular complexity index is 1340. The summed E-state index contributed by atoms with van der Waals surface area (Å²) in [5.74, 6) is -1.28. The number of hydrogen-bond acceptors (Lipinski definition) is 9. The lowest BCUT2D eigenvalue weighted by Gasteiger charge is -2.17. The van der Waals surface area contributed by atoms with Crippen LogP contribution in [0.15, 0.2) is 41.3 Å². The SMILES string of the molecule is CCOC(=O)CC[C@@H](NC(=O)c1ccc(C(C)CCc2cnc3nc(N)[nH]c(=O)c3c2)cc1)C(=O)OCC. The Balaban J connectivity index is 1.60. The van der Waals surface area contributed by atoms with Crippen LogP contribution in [0, 0.1) is 0 Å². The first-order valence-electron chi connectivity index (χ1n) is 12.6. The largest absolute Gasteiger partial charge is 0.466 e. The van der Waals surface area contributed by atoms with E-state index in [0.717, 1.165) is 17.5 Å². The van der Waals surface area contributed by atoms with Gasteiger partial charge in [0.2, 0.25) is 5.95 Å². The first-order valence-corrected chi connectivity index (χ1v) is 12.6. The molecule has 2 heterocycles. The maximum absolute atomic E-state index is 12.8. The lowest BCUT2D eigenvalue weighted by Crippen LogP contribution is -2.42. The van der Waals surface area contributed by atoms with E-state index in [-0.39, 0.29) is 43.5 Å². The lowest BCUT2D eigenvalue weighted by atomic mass is 9.93. The maximum Gasteiger partial charge on any atom is 0.328 e. The van der Waals surface area contributed by atoms with Crippen LogP contribution in [-0.4, -0.2) is 52.1 Å². The van der Waals surface area contributed by atoms with Crippen LogP contribution in [-0.2, 0) is 25.5 Å². The van der Waals surface area contributed by atoms with E-state index in [1.54, 1.807) is 38.2 Å². The second-order valence-corrected chi connectivity index (χ2v) is 8.85. The number of nitrogen functional groups attached to an aromatic ring is 1. The van der Waals surface area contributed by atoms with Gasteiger partial charge in [0.25, 0.3) is 11.5 Å². The van der Waals surface area contributed by atoms with Gasteiger partial charge in [-0.25, -0.2) is 9.78 Å². The molecule has 2 aromatic heterocycles. The Hall–Kier alpha value is -4.28. The Morgan fingerprint density at radius 2 is 1.79 bits per heavy atom. The van der Waals surface area contributed by atoms with Crippen LogP contribution < -0.4 is 16.6 Å². The predicted molar refractivity (Wildman–Crippen MR) is 142 cm³/mol. The lowest BCUT2D eigenvalue weighted by molar-refractivity contribution is -0.146. The molecule has 0 saturated heterocycles. The Labute approximate surface area is 220 Å². The molecule has 0 fully saturated rings. The van der Waals surface area contributed by atoms with Gasteiger partial charge in [-0.2, -0.15) is 4.98 Å². The molecule has 11 heteroatoms. The quantitative estimate of drug-likeness (QED) is 0.302. The molecule has 2 atom stereocenters. The zero-order chi connectivity index (χ0) is 27.7. The van der Waals surface area contributed by atoms with Gasteiger partial charge in [-0.05, 0) is 68.4 Å². The summed E-state index contributed by atoms with van der Waals surface area (Å²) in [4.78, 5) is 59.7. The second kappa shape index (κ2) is 13.3. The smallest absolute Gasteiger partial charge is 0.328 e. The highest BCUT2D eigenvalue weighted by molar-refractivity contribution is 5.96. The van der Waals surface area contributed by atoms with Crippen molar-refractivity contribution in [2.75, 3.05) is 18.9 Å². The Kier molecular flexibility index (Phi) is 9.92. The summed E-state index contributed by atoms with van der Waals surface area (Å²) in [7, 11) is 0. The summed E-state index contributed by atoms with van der Waals surface area (Å²) < 4.78 is 9.95. The van der Waals surface area contributed by atoms with Crippen LogP contribution in [0.25, 0.3) is 11.0 Å². The van der Waals surface area contributed by atoms with Gasteiger partial charge in [0.05, 0.1) is 18.6 Å². The van der Waals surface area contributed by atoms with Crippen molar-refractivity contribution in [2.45, 2.75) is 58.4 Å². The molecule has 3 rings (SSSR count). The second-order valence-electron chi connectivity index (χ2n) is 8.85. The Morgan fingerprint density at radius 3 is 2.47 bits per heavy atom. The standard InChI is InChI=1S/C27H33N5O6/c1-4-37-22(33)13-12-21(26(36)38-5-2)30-24(34)19-10-8-18(9-11-19)16(3)6-7-17-14-20-23(29-15-17)31-27(28)32-25(20)35/h8-11,14-16,21H,4-7,12-13H2,1-3H3,(H,30,34)(H3,28,29,31,32,35)/t16?,21-/m1/s1. The summed E-state index contributed by atoms with van der Waals surface area (Å²) in [6, 6.07) is 7.95. The van der Waals surface area contributed by atoms with Gasteiger partial charge in [-0.3, -0.25) is 19.4 Å². The number of carbonyl (C=O) groups is 3. The molecular weight excluding hydrogens is 490 g/mol. The van der Waals surface area contributed by atoms with E-state index >= 15 is 0 Å². The van der Waals surface area contributed by atoms with E-state index < -0.39 is 23.9 Å². The van der Waals surface area contributed by atoms with E-state index in [9.17, 15) is 19.2 Å². The molecule has 0 bridgehead atoms. The number of amides is 1. The Morgan fingerprint density at radius 1 is 1.08 bits per heavy atom. The fourth-order valence-electron chi connectivity index (χ4n) is 3.96. The number of aryl methyl sites for hydroxylation is 1. The van der Waals surface area contributed by atoms with Crippen LogP contribution >= 0.6 is 0 Å². The van der Waals surface area contributed by atoms with Crippen LogP contribution in [0.1, 0.15) is 67.4 Å². The third-order valence-electron chi connectivity index (χ3n) is 6.06. The number of anilines is 1. The van der Waals surface area contributed by atoms with Gasteiger partial charge in [-0.1, -0.05) is 19.1 Å². The maximum atomic E-state index is 12.8. The summed E-state index contributed by atoms with van der Waals surface area (Å²) >= 11 is 0. The van der Waals surface area contributed by atoms with Crippen molar-refractivity contribution in [3.63, 3.8) is 0 Å². The molecule has 3 aromatic rings. The van der Waals surface area contributed by atoms with Gasteiger partial charge in [-0.15, -0.1) is 0 Å². The number of H-pyrrole nitrogens is 1. The fraction of sp³-hybridized carbons (Fsp3) is 0.407. The van der Waals surface area contributed by atoms with Crippen LogP contribution in [0.4, 0.5) is 5.95 Å². The number of ether oxygens (including phenoxy) is 2. The molecular formula is C27H33N5O6. The average Bonchev–Trinajstić information content (AvgIpc) is 2.90. The molecule has 0 radical (unpaired) electrons. The first kappa shape index (κ1) is 28.3. The molecule has 0 saturated carbocycles. The average molecular weight is 524 g/mol. The van der Waals surface area contributed by atoms with Crippen LogP contribution in [0.2, 0.25) is 0 Å². The van der Waals surface area contributed by atoms with Crippen molar-refractivity contribution in [1.82, 2.24) is 20.3 Å². The molecule has 202 valence electrons. The third-order valence-corrected chi connectivity index (χ3v) is 6.06. The highest BCUT2D eigenvalue weighted by Crippen LogP contribution is 2.22. The van der Waals surface area contributed by atoms with Gasteiger partial charge < -0.3 is 20.5 Å². The molecule has 0 aliphatic rings. The van der Waals surface area contributed by atoms with Gasteiger partial charge >= 0.3 is 11.9 Å². The van der Waals surface area contributed by atoms with E-state index in [0.29, 0.717) is 23.0 Å². The molecule has 38 heavy (non-hydrogen) atoms. The van der Waals surface area contributed by atoms with Gasteiger partial charge in [0.15, 0.2) is 5.65 Å². The van der Waals surface area contributed by atoms with Crippen molar-refractivity contribution >= 4 is 34.8 Å². The number of esters is 2. The van der Waals surface area contributed by atoms with E-state index in [1.807, 2.05) is 12.1 Å². The molecule has 1 aromatic carbocycles. The minimum atomic E-state index is -0.958. The highest BCUT2D eigenvalue weighted by atomic mass is 16.5. The summed E-state index contributed by atoms with van der Waals surface area (Å²) in [6.45, 7) is 5.85. The van der Waals surface area contributed by atoms with E-state index in [4.69, 9.17) is 15.2 Å². The number of nitrogens with zero attached hydrogens (tertiary/aromatic N) is 2. The first-order chi connectivity index (χ1) is 18.2. The van der Waals surface area contributed by atoms with Crippen molar-refractivity contribution in [3.05, 3.63) is 63.6 Å². The number of hydrogen-bond donors (Lipinski definition) is 3. The molecule has 1 amide bonds. The van der Waals surface area contributed by atoms with Crippen molar-refractivity contribution in [3.8, 4) is 0 Å². The number of nitrogens with one attached hydrogen (secondary N) is 2. The zero-order valence-corrected chi connectivity index (χ0v) is 21.8. The number of pyridine rings is 1. The summed E-state index contributed by atoms with van der Waals surface area (Å²) in [5, 5.41) is 3.06. The molecule has 0 spiro atoms. The minimum Gasteiger partial charge on any atom is -0.466 e. The third kappa shape index (κ3) is 7.61. The van der Waals surface area contributed by atoms with Crippen molar-refractivity contribution < 1.29 is 23.9 Å². The van der Waals surface area contributed by atoms with Crippen molar-refractivity contribution in [2.24, 2.45) is 0 Å². The summed E-state index contributed by atoms with van der Waals surface area (Å²) in [6.07, 6.45) is 3.24. The number of aromatic nitrogens is 3. The number of rotatable bonds is 12. The predicted octanol–water partition coefficient (Wildman–Crippen LogP) is 2.64. The van der Waals surface area contributed by atoms with Crippen LogP contribution in [0.3, 0.4) is 0 Å². The molecule has 4 N–H and O–H groups in total. The molecule has 1 unspecified atom stereocenters. The van der Waals surface area contributed by atoms with Crippen LogP contribution in [0.5, 0.6) is 0 Å². The fourth-order valence-corrected chi connectivity index (χ4v) is 3.96. The number of nitrogens with two attached hydrogens (primary N) is 1. The number of aromatic amines is 1.